The number of quaternary nitrogens is 1. The SMILES string of the molecule is CCCCCCCCCCCCCCCC[N+](C)(C)CC.F[P-](F)(F)(F)(F)F. The fraction of sp³-hybridized carbons (Fsp3) is 1.00. The van der Waals surface area contributed by atoms with Gasteiger partial charge in [0.2, 0.25) is 0 Å². The first-order chi connectivity index (χ1) is 12.6. The Morgan fingerprint density at radius 2 is 0.750 bits per heavy atom. The number of rotatable bonds is 16. The summed E-state index contributed by atoms with van der Waals surface area (Å²) in [7, 11) is -5.96. The summed E-state index contributed by atoms with van der Waals surface area (Å²) in [5, 5.41) is 0. The molecule has 0 rings (SSSR count). The third-order valence-corrected chi connectivity index (χ3v) is 4.97. The van der Waals surface area contributed by atoms with E-state index in [2.05, 4.69) is 27.9 Å². The van der Waals surface area contributed by atoms with Gasteiger partial charge in [-0.1, -0.05) is 84.0 Å². The van der Waals surface area contributed by atoms with Crippen LogP contribution in [0.15, 0.2) is 0 Å². The molecule has 0 aromatic heterocycles. The van der Waals surface area contributed by atoms with Gasteiger partial charge in [-0.25, -0.2) is 0 Å². The van der Waals surface area contributed by atoms with E-state index in [1.54, 1.807) is 0 Å². The van der Waals surface area contributed by atoms with Gasteiger partial charge in [0.05, 0.1) is 27.2 Å². The van der Waals surface area contributed by atoms with Crippen LogP contribution in [-0.4, -0.2) is 31.7 Å². The maximum atomic E-state index is 9.87. The molecule has 0 heterocycles. The average Bonchev–Trinajstić information content (AvgIpc) is 2.52. The van der Waals surface area contributed by atoms with Crippen LogP contribution < -0.4 is 0 Å². The molecule has 0 aliphatic carbocycles. The summed E-state index contributed by atoms with van der Waals surface area (Å²) in [5.74, 6) is 0. The van der Waals surface area contributed by atoms with Crippen molar-refractivity contribution in [3.05, 3.63) is 0 Å². The Morgan fingerprint density at radius 3 is 1.00 bits per heavy atom. The summed E-state index contributed by atoms with van der Waals surface area (Å²) in [5.41, 5.74) is 0. The van der Waals surface area contributed by atoms with Crippen molar-refractivity contribution in [1.29, 1.82) is 0 Å². The minimum atomic E-state index is -10.7. The molecule has 0 saturated carbocycles. The molecular weight excluding hydrogens is 399 g/mol. The Balaban J connectivity index is 0. The topological polar surface area (TPSA) is 0 Å². The first-order valence-corrected chi connectivity index (χ1v) is 13.0. The normalized spacial score (nSPS) is 14.8. The van der Waals surface area contributed by atoms with Crippen molar-refractivity contribution in [3.63, 3.8) is 0 Å². The second kappa shape index (κ2) is 13.3. The van der Waals surface area contributed by atoms with Gasteiger partial charge in [-0.15, -0.1) is 0 Å². The van der Waals surface area contributed by atoms with Crippen LogP contribution in [0.2, 0.25) is 0 Å². The van der Waals surface area contributed by atoms with Crippen LogP contribution in [0.3, 0.4) is 0 Å². The summed E-state index contributed by atoms with van der Waals surface area (Å²) < 4.78 is 60.4. The van der Waals surface area contributed by atoms with Crippen LogP contribution in [0.25, 0.3) is 0 Å². The fourth-order valence-electron chi connectivity index (χ4n) is 2.89. The van der Waals surface area contributed by atoms with Crippen LogP contribution in [0, 0.1) is 0 Å². The predicted molar refractivity (Wildman–Crippen MR) is 111 cm³/mol. The van der Waals surface area contributed by atoms with E-state index in [0.29, 0.717) is 0 Å². The first kappa shape index (κ1) is 30.2. The Bertz CT molecular complexity index is 356. The van der Waals surface area contributed by atoms with E-state index in [1.165, 1.54) is 107 Å². The van der Waals surface area contributed by atoms with Crippen molar-refractivity contribution in [2.75, 3.05) is 27.2 Å². The van der Waals surface area contributed by atoms with Gasteiger partial charge in [0.1, 0.15) is 0 Å². The van der Waals surface area contributed by atoms with Crippen molar-refractivity contribution in [2.24, 2.45) is 0 Å². The third kappa shape index (κ3) is 40.6. The van der Waals surface area contributed by atoms with Gasteiger partial charge in [-0.3, -0.25) is 0 Å². The van der Waals surface area contributed by atoms with E-state index >= 15 is 0 Å². The maximum absolute atomic E-state index is 10.7. The van der Waals surface area contributed by atoms with E-state index in [9.17, 15) is 25.2 Å². The zero-order valence-electron chi connectivity index (χ0n) is 18.5. The van der Waals surface area contributed by atoms with Gasteiger partial charge in [-0.2, -0.15) is 0 Å². The van der Waals surface area contributed by atoms with Crippen LogP contribution in [-0.2, 0) is 0 Å². The molecule has 8 heteroatoms. The number of unbranched alkanes of at least 4 members (excludes halogenated alkanes) is 13. The summed E-state index contributed by atoms with van der Waals surface area (Å²) >= 11 is 0. The molecule has 0 fully saturated rings. The molecular formula is C20H44F6NP. The number of hydrogen-bond acceptors (Lipinski definition) is 0. The fourth-order valence-corrected chi connectivity index (χ4v) is 2.89. The van der Waals surface area contributed by atoms with Gasteiger partial charge in [-0.05, 0) is 19.8 Å². The Kier molecular flexibility index (Phi) is 14.3. The molecule has 0 aliphatic rings. The zero-order chi connectivity index (χ0) is 22.2. The third-order valence-electron chi connectivity index (χ3n) is 4.97. The van der Waals surface area contributed by atoms with Gasteiger partial charge in [0.25, 0.3) is 0 Å². The molecule has 0 bridgehead atoms. The first-order valence-electron chi connectivity index (χ1n) is 11.0. The molecule has 0 N–H and O–H groups in total. The molecule has 0 atom stereocenters. The van der Waals surface area contributed by atoms with Crippen LogP contribution >= 0.6 is 7.81 Å². The van der Waals surface area contributed by atoms with Gasteiger partial charge in [0.15, 0.2) is 0 Å². The van der Waals surface area contributed by atoms with Crippen molar-refractivity contribution in [2.45, 2.75) is 104 Å². The standard InChI is InChI=1S/C20H44N.F6P/c1-5-7-8-9-10-11-12-13-14-15-16-17-18-19-20-21(3,4)6-2;1-7(2,3,4,5)6/h5-20H2,1-4H3;/q+1;-1. The van der Waals surface area contributed by atoms with E-state index in [0.717, 1.165) is 0 Å². The second-order valence-corrected chi connectivity index (χ2v) is 10.4. The molecule has 0 unspecified atom stereocenters. The summed E-state index contributed by atoms with van der Waals surface area (Å²) in [4.78, 5) is 0. The Hall–Kier alpha value is -0.0300. The molecule has 0 amide bonds. The molecule has 0 spiro atoms. The van der Waals surface area contributed by atoms with Crippen molar-refractivity contribution >= 4 is 7.81 Å². The molecule has 0 aromatic rings. The summed E-state index contributed by atoms with van der Waals surface area (Å²) in [6.45, 7) is 7.21. The van der Waals surface area contributed by atoms with Gasteiger partial charge in [0, 0.05) is 0 Å². The molecule has 0 saturated heterocycles. The quantitative estimate of drug-likeness (QED) is 0.0963. The van der Waals surface area contributed by atoms with Crippen molar-refractivity contribution < 1.29 is 29.7 Å². The number of nitrogens with zero attached hydrogens (tertiary/aromatic N) is 1. The molecule has 0 aromatic carbocycles. The summed E-state index contributed by atoms with van der Waals surface area (Å²) in [6, 6.07) is 0. The van der Waals surface area contributed by atoms with Crippen molar-refractivity contribution in [1.82, 2.24) is 0 Å². The van der Waals surface area contributed by atoms with E-state index in [-0.39, 0.29) is 0 Å². The van der Waals surface area contributed by atoms with Crippen LogP contribution in [0.4, 0.5) is 25.2 Å². The van der Waals surface area contributed by atoms with Crippen LogP contribution in [0.1, 0.15) is 104 Å². The molecule has 0 radical (unpaired) electrons. The Labute approximate surface area is 169 Å². The molecule has 28 heavy (non-hydrogen) atoms. The van der Waals surface area contributed by atoms with E-state index < -0.39 is 7.81 Å². The molecule has 0 aliphatic heterocycles. The van der Waals surface area contributed by atoms with E-state index in [4.69, 9.17) is 0 Å². The second-order valence-electron chi connectivity index (χ2n) is 8.53. The van der Waals surface area contributed by atoms with Crippen LogP contribution in [0.5, 0.6) is 0 Å². The minimum absolute atomic E-state index is 1.19. The number of hydrogen-bond donors (Lipinski definition) is 0. The monoisotopic (exact) mass is 443 g/mol. The number of halogens is 6. The van der Waals surface area contributed by atoms with E-state index in [1.807, 2.05) is 0 Å². The molecule has 176 valence electrons. The van der Waals surface area contributed by atoms with Crippen molar-refractivity contribution in [3.8, 4) is 0 Å². The predicted octanol–water partition coefficient (Wildman–Crippen LogP) is 9.95. The Morgan fingerprint density at radius 1 is 0.500 bits per heavy atom. The molecule has 1 nitrogen and oxygen atoms in total. The summed E-state index contributed by atoms with van der Waals surface area (Å²) in [6.07, 6.45) is 20.4. The van der Waals surface area contributed by atoms with Gasteiger partial charge >= 0.3 is 33.0 Å². The van der Waals surface area contributed by atoms with Gasteiger partial charge < -0.3 is 4.48 Å². The average molecular weight is 444 g/mol. The zero-order valence-corrected chi connectivity index (χ0v) is 19.4.